The summed E-state index contributed by atoms with van der Waals surface area (Å²) >= 11 is 1.57. The Morgan fingerprint density at radius 3 is 3.16 bits per heavy atom. The topological polar surface area (TPSA) is 60.9 Å². The fourth-order valence-corrected chi connectivity index (χ4v) is 2.88. The van der Waals surface area contributed by atoms with E-state index in [-0.39, 0.29) is 5.56 Å². The molecule has 0 radical (unpaired) electrons. The summed E-state index contributed by atoms with van der Waals surface area (Å²) in [7, 11) is 0. The molecule has 1 saturated carbocycles. The van der Waals surface area contributed by atoms with Crippen LogP contribution in [0.25, 0.3) is 10.1 Å². The van der Waals surface area contributed by atoms with Crippen LogP contribution in [0, 0.1) is 0 Å². The standard InChI is InChI=1S/C13H11N3O2S/c17-13-9-4-6-19-10(9)3-5-16(13)7-11-14-12(18-15-11)8-1-2-8/h3-6,8H,1-2,7H2. The van der Waals surface area contributed by atoms with Gasteiger partial charge in [0.05, 0.1) is 11.9 Å². The predicted octanol–water partition coefficient (Wildman–Crippen LogP) is 2.37. The Balaban J connectivity index is 1.69. The fraction of sp³-hybridized carbons (Fsp3) is 0.308. The van der Waals surface area contributed by atoms with Gasteiger partial charge >= 0.3 is 0 Å². The fourth-order valence-electron chi connectivity index (χ4n) is 2.11. The first kappa shape index (κ1) is 10.9. The lowest BCUT2D eigenvalue weighted by Gasteiger charge is -2.01. The van der Waals surface area contributed by atoms with E-state index in [0.717, 1.165) is 22.9 Å². The maximum atomic E-state index is 12.2. The third kappa shape index (κ3) is 1.88. The summed E-state index contributed by atoms with van der Waals surface area (Å²) < 4.78 is 7.83. The van der Waals surface area contributed by atoms with E-state index in [1.54, 1.807) is 22.1 Å². The van der Waals surface area contributed by atoms with Gasteiger partial charge in [-0.3, -0.25) is 4.79 Å². The molecular formula is C13H11N3O2S. The highest BCUT2D eigenvalue weighted by Crippen LogP contribution is 2.38. The SMILES string of the molecule is O=c1c2ccsc2ccn1Cc1noc(C2CC2)n1. The minimum absolute atomic E-state index is 0.00322. The first-order valence-corrected chi connectivity index (χ1v) is 7.08. The number of nitrogens with zero attached hydrogens (tertiary/aromatic N) is 3. The summed E-state index contributed by atoms with van der Waals surface area (Å²) in [6, 6.07) is 3.80. The van der Waals surface area contributed by atoms with Crippen molar-refractivity contribution in [2.24, 2.45) is 0 Å². The normalized spacial score (nSPS) is 15.2. The molecule has 0 amide bonds. The number of aromatic nitrogens is 3. The molecule has 3 aromatic rings. The Morgan fingerprint density at radius 1 is 1.42 bits per heavy atom. The second kappa shape index (κ2) is 4.03. The van der Waals surface area contributed by atoms with Gasteiger partial charge in [0.1, 0.15) is 0 Å². The molecule has 0 unspecified atom stereocenters. The highest BCUT2D eigenvalue weighted by atomic mass is 32.1. The van der Waals surface area contributed by atoms with Crippen molar-refractivity contribution in [2.45, 2.75) is 25.3 Å². The van der Waals surface area contributed by atoms with Crippen LogP contribution < -0.4 is 5.56 Å². The van der Waals surface area contributed by atoms with Gasteiger partial charge < -0.3 is 9.09 Å². The van der Waals surface area contributed by atoms with E-state index in [1.807, 2.05) is 17.5 Å². The maximum absolute atomic E-state index is 12.2. The molecule has 4 rings (SSSR count). The zero-order valence-electron chi connectivity index (χ0n) is 10.1. The summed E-state index contributed by atoms with van der Waals surface area (Å²) in [5, 5.41) is 6.61. The minimum atomic E-state index is -0.00322. The third-order valence-electron chi connectivity index (χ3n) is 3.31. The van der Waals surface area contributed by atoms with Crippen LogP contribution in [0.3, 0.4) is 0 Å². The summed E-state index contributed by atoms with van der Waals surface area (Å²) in [4.78, 5) is 16.6. The number of hydrogen-bond donors (Lipinski definition) is 0. The highest BCUT2D eigenvalue weighted by molar-refractivity contribution is 7.17. The van der Waals surface area contributed by atoms with Gasteiger partial charge in [-0.05, 0) is 30.4 Å². The van der Waals surface area contributed by atoms with Crippen LogP contribution in [0.1, 0.15) is 30.5 Å². The molecule has 6 heteroatoms. The number of rotatable bonds is 3. The van der Waals surface area contributed by atoms with E-state index in [4.69, 9.17) is 4.52 Å². The zero-order valence-corrected chi connectivity index (χ0v) is 10.9. The Kier molecular flexibility index (Phi) is 2.32. The van der Waals surface area contributed by atoms with Gasteiger partial charge in [-0.2, -0.15) is 4.98 Å². The van der Waals surface area contributed by atoms with Crippen molar-refractivity contribution in [1.82, 2.24) is 14.7 Å². The molecule has 0 aromatic carbocycles. The van der Waals surface area contributed by atoms with Crippen molar-refractivity contribution >= 4 is 21.4 Å². The lowest BCUT2D eigenvalue weighted by molar-refractivity contribution is 0.373. The van der Waals surface area contributed by atoms with Gasteiger partial charge in [0.2, 0.25) is 5.89 Å². The molecule has 3 aromatic heterocycles. The molecule has 1 aliphatic carbocycles. The van der Waals surface area contributed by atoms with Crippen LogP contribution in [0.2, 0.25) is 0 Å². The van der Waals surface area contributed by atoms with E-state index in [1.165, 1.54) is 0 Å². The van der Waals surface area contributed by atoms with Crippen LogP contribution in [0.15, 0.2) is 33.0 Å². The largest absolute Gasteiger partial charge is 0.339 e. The van der Waals surface area contributed by atoms with E-state index in [2.05, 4.69) is 10.1 Å². The van der Waals surface area contributed by atoms with Crippen molar-refractivity contribution in [2.75, 3.05) is 0 Å². The monoisotopic (exact) mass is 273 g/mol. The predicted molar refractivity (Wildman–Crippen MR) is 71.5 cm³/mol. The second-order valence-corrected chi connectivity index (χ2v) is 5.72. The molecule has 0 spiro atoms. The molecule has 0 bridgehead atoms. The van der Waals surface area contributed by atoms with Gasteiger partial charge in [0.25, 0.3) is 5.56 Å². The van der Waals surface area contributed by atoms with Crippen LogP contribution in [0.5, 0.6) is 0 Å². The van der Waals surface area contributed by atoms with E-state index in [0.29, 0.717) is 24.2 Å². The highest BCUT2D eigenvalue weighted by Gasteiger charge is 2.29. The molecule has 96 valence electrons. The number of hydrogen-bond acceptors (Lipinski definition) is 5. The summed E-state index contributed by atoms with van der Waals surface area (Å²) in [5.74, 6) is 1.72. The summed E-state index contributed by atoms with van der Waals surface area (Å²) in [5.41, 5.74) is -0.00322. The van der Waals surface area contributed by atoms with Gasteiger partial charge in [0.15, 0.2) is 5.82 Å². The molecule has 5 nitrogen and oxygen atoms in total. The Labute approximate surface area is 112 Å². The molecular weight excluding hydrogens is 262 g/mol. The first-order chi connectivity index (χ1) is 9.31. The van der Waals surface area contributed by atoms with Crippen LogP contribution in [0.4, 0.5) is 0 Å². The molecule has 19 heavy (non-hydrogen) atoms. The van der Waals surface area contributed by atoms with Crippen LogP contribution in [-0.2, 0) is 6.54 Å². The van der Waals surface area contributed by atoms with Gasteiger partial charge in [0, 0.05) is 16.8 Å². The smallest absolute Gasteiger partial charge is 0.259 e. The van der Waals surface area contributed by atoms with Crippen LogP contribution >= 0.6 is 11.3 Å². The molecule has 1 fully saturated rings. The quantitative estimate of drug-likeness (QED) is 0.735. The van der Waals surface area contributed by atoms with Crippen molar-refractivity contribution < 1.29 is 4.52 Å². The Hall–Kier alpha value is -1.95. The van der Waals surface area contributed by atoms with Crippen molar-refractivity contribution in [1.29, 1.82) is 0 Å². The summed E-state index contributed by atoms with van der Waals surface area (Å²) in [6.07, 6.45) is 4.04. The molecule has 0 aliphatic heterocycles. The first-order valence-electron chi connectivity index (χ1n) is 6.20. The Morgan fingerprint density at radius 2 is 2.32 bits per heavy atom. The van der Waals surface area contributed by atoms with E-state index in [9.17, 15) is 4.79 Å². The minimum Gasteiger partial charge on any atom is -0.339 e. The zero-order chi connectivity index (χ0) is 12.8. The van der Waals surface area contributed by atoms with Gasteiger partial charge in [-0.25, -0.2) is 0 Å². The van der Waals surface area contributed by atoms with E-state index >= 15 is 0 Å². The third-order valence-corrected chi connectivity index (χ3v) is 4.20. The van der Waals surface area contributed by atoms with E-state index < -0.39 is 0 Å². The Bertz CT molecular complexity index is 797. The maximum Gasteiger partial charge on any atom is 0.259 e. The lowest BCUT2D eigenvalue weighted by Crippen LogP contribution is -2.19. The number of thiophene rings is 1. The average Bonchev–Trinajstić information content (AvgIpc) is 2.98. The van der Waals surface area contributed by atoms with Gasteiger partial charge in [-0.15, -0.1) is 11.3 Å². The number of pyridine rings is 1. The van der Waals surface area contributed by atoms with Gasteiger partial charge in [-0.1, -0.05) is 5.16 Å². The molecule has 0 atom stereocenters. The molecule has 1 aliphatic rings. The lowest BCUT2D eigenvalue weighted by atomic mass is 10.3. The van der Waals surface area contributed by atoms with Crippen LogP contribution in [-0.4, -0.2) is 14.7 Å². The molecule has 3 heterocycles. The van der Waals surface area contributed by atoms with Crippen molar-refractivity contribution in [3.05, 3.63) is 45.8 Å². The average molecular weight is 273 g/mol. The van der Waals surface area contributed by atoms with Crippen molar-refractivity contribution in [3.63, 3.8) is 0 Å². The molecule has 0 saturated heterocycles. The molecule has 0 N–H and O–H groups in total. The number of fused-ring (bicyclic) bond motifs is 1. The second-order valence-electron chi connectivity index (χ2n) is 4.77. The summed E-state index contributed by atoms with van der Waals surface area (Å²) in [6.45, 7) is 0.362. The van der Waals surface area contributed by atoms with Crippen molar-refractivity contribution in [3.8, 4) is 0 Å².